The number of ether oxygens (including phenoxy) is 4. The normalized spacial score (nSPS) is 21.4. The molecule has 0 aromatic carbocycles. The van der Waals surface area contributed by atoms with Gasteiger partial charge in [-0.3, -0.25) is 4.79 Å². The first kappa shape index (κ1) is 102. The summed E-state index contributed by atoms with van der Waals surface area (Å²) in [5, 5.41) is 88.1. The lowest BCUT2D eigenvalue weighted by Crippen LogP contribution is -2.65. The summed E-state index contributed by atoms with van der Waals surface area (Å²) < 4.78 is 23.0. The topological polar surface area (TPSA) is 228 Å². The van der Waals surface area contributed by atoms with Crippen molar-refractivity contribution in [3.63, 3.8) is 0 Å². The fourth-order valence-corrected chi connectivity index (χ4v) is 15.5. The highest BCUT2D eigenvalue weighted by Crippen LogP contribution is 2.31. The Labute approximate surface area is 664 Å². The van der Waals surface area contributed by atoms with E-state index in [1.165, 1.54) is 327 Å². The van der Waals surface area contributed by atoms with Crippen molar-refractivity contribution in [1.29, 1.82) is 0 Å². The summed E-state index contributed by atoms with van der Waals surface area (Å²) in [6, 6.07) is -0.831. The number of hydrogen-bond acceptors (Lipinski definition) is 13. The molecule has 0 radical (unpaired) electrons. The van der Waals surface area contributed by atoms with Gasteiger partial charge in [0, 0.05) is 6.42 Å². The Morgan fingerprint density at radius 1 is 0.343 bits per heavy atom. The fourth-order valence-electron chi connectivity index (χ4n) is 15.5. The highest BCUT2D eigenvalue weighted by Gasteiger charge is 2.51. The van der Waals surface area contributed by atoms with Crippen LogP contribution in [0, 0.1) is 0 Å². The maximum atomic E-state index is 13.5. The number of rotatable bonds is 80. The van der Waals surface area contributed by atoms with Gasteiger partial charge in [-0.05, 0) is 57.8 Å². The van der Waals surface area contributed by atoms with E-state index < -0.39 is 86.8 Å². The van der Waals surface area contributed by atoms with Crippen LogP contribution in [0.15, 0.2) is 60.8 Å². The van der Waals surface area contributed by atoms with E-state index in [9.17, 15) is 45.6 Å². The van der Waals surface area contributed by atoms with Crippen molar-refractivity contribution in [2.45, 2.75) is 511 Å². The second-order valence-electron chi connectivity index (χ2n) is 32.8. The summed E-state index contributed by atoms with van der Waals surface area (Å²) >= 11 is 0. The number of hydrogen-bond donors (Lipinski definition) is 9. The van der Waals surface area contributed by atoms with Gasteiger partial charge in [-0.2, -0.15) is 0 Å². The van der Waals surface area contributed by atoms with Gasteiger partial charge in [0.25, 0.3) is 0 Å². The van der Waals surface area contributed by atoms with Gasteiger partial charge >= 0.3 is 0 Å². The van der Waals surface area contributed by atoms with Gasteiger partial charge in [-0.1, -0.05) is 434 Å². The summed E-state index contributed by atoms with van der Waals surface area (Å²) in [7, 11) is 0. The predicted molar refractivity (Wildman–Crippen MR) is 452 cm³/mol. The Morgan fingerprint density at radius 3 is 0.981 bits per heavy atom. The van der Waals surface area contributed by atoms with E-state index in [0.29, 0.717) is 12.8 Å². The molecule has 0 aliphatic carbocycles. The molecule has 2 rings (SSSR count). The molecule has 0 bridgehead atoms. The average Bonchev–Trinajstić information content (AvgIpc) is 0.789. The lowest BCUT2D eigenvalue weighted by Gasteiger charge is -2.46. The summed E-state index contributed by atoms with van der Waals surface area (Å²) in [4.78, 5) is 13.5. The zero-order chi connectivity index (χ0) is 77.9. The first-order valence-electron chi connectivity index (χ1n) is 46.5. The Balaban J connectivity index is 1.53. The molecule has 108 heavy (non-hydrogen) atoms. The van der Waals surface area contributed by atoms with Gasteiger partial charge in [0.15, 0.2) is 12.6 Å². The summed E-state index contributed by atoms with van der Waals surface area (Å²) in [6.07, 6.45) is 90.2. The minimum atomic E-state index is -1.78. The minimum absolute atomic E-state index is 0.197. The molecule has 2 fully saturated rings. The molecule has 14 heteroatoms. The number of allylic oxidation sites excluding steroid dienone is 10. The van der Waals surface area contributed by atoms with Crippen molar-refractivity contribution in [3.05, 3.63) is 60.8 Å². The van der Waals surface area contributed by atoms with E-state index in [-0.39, 0.29) is 12.5 Å². The summed E-state index contributed by atoms with van der Waals surface area (Å²) in [6.45, 7) is 2.82. The average molecular weight is 1530 g/mol. The van der Waals surface area contributed by atoms with Crippen molar-refractivity contribution < 1.29 is 64.6 Å². The number of nitrogens with one attached hydrogen (secondary N) is 1. The molecule has 2 aliphatic rings. The molecule has 2 aliphatic heterocycles. The summed E-state index contributed by atoms with van der Waals surface area (Å²) in [5.41, 5.74) is 0. The number of aliphatic hydroxyl groups is 8. The largest absolute Gasteiger partial charge is 0.394 e. The monoisotopic (exact) mass is 1530 g/mol. The van der Waals surface area contributed by atoms with E-state index in [2.05, 4.69) is 79.9 Å². The smallest absolute Gasteiger partial charge is 0.220 e. The highest BCUT2D eigenvalue weighted by molar-refractivity contribution is 5.76. The second-order valence-corrected chi connectivity index (χ2v) is 32.8. The molecule has 12 atom stereocenters. The number of carbonyl (C=O) groups is 1. The molecule has 2 heterocycles. The van der Waals surface area contributed by atoms with Gasteiger partial charge < -0.3 is 65.1 Å². The molecule has 0 spiro atoms. The van der Waals surface area contributed by atoms with Crippen molar-refractivity contribution in [3.8, 4) is 0 Å². The third-order valence-electron chi connectivity index (χ3n) is 22.7. The van der Waals surface area contributed by atoms with E-state index in [1.54, 1.807) is 0 Å². The minimum Gasteiger partial charge on any atom is -0.394 e. The van der Waals surface area contributed by atoms with Crippen LogP contribution in [0.4, 0.5) is 0 Å². The number of carbonyl (C=O) groups excluding carboxylic acids is 1. The van der Waals surface area contributed by atoms with Gasteiger partial charge in [-0.15, -0.1) is 0 Å². The van der Waals surface area contributed by atoms with Crippen LogP contribution >= 0.6 is 0 Å². The third-order valence-corrected chi connectivity index (χ3v) is 22.7. The van der Waals surface area contributed by atoms with Crippen LogP contribution in [-0.4, -0.2) is 140 Å². The van der Waals surface area contributed by atoms with Crippen LogP contribution in [-0.2, 0) is 23.7 Å². The van der Waals surface area contributed by atoms with Crippen molar-refractivity contribution >= 4 is 5.91 Å². The first-order valence-corrected chi connectivity index (χ1v) is 46.5. The van der Waals surface area contributed by atoms with E-state index in [4.69, 9.17) is 18.9 Å². The molecule has 2 saturated heterocycles. The fraction of sp³-hybridized carbons (Fsp3) is 0.883. The van der Waals surface area contributed by atoms with Gasteiger partial charge in [0.05, 0.1) is 32.0 Å². The van der Waals surface area contributed by atoms with Crippen LogP contribution in [0.1, 0.15) is 438 Å². The van der Waals surface area contributed by atoms with Crippen molar-refractivity contribution in [1.82, 2.24) is 5.32 Å². The standard InChI is InChI=1S/C94H175NO13/c1-3-5-7-9-11-13-15-17-19-21-23-25-27-29-31-33-35-37-38-39-40-41-42-43-44-46-48-50-52-54-56-58-60-62-64-66-68-70-72-74-76-78-86(99)95-82(81-105-93-91(104)89(102)92(85(80-97)107-93)108-94-90(103)88(101)87(100)84(79-96)106-94)83(98)77-75-73-71-69-67-65-63-61-59-57-55-53-51-49-47-45-36-34-32-30-28-26-24-22-20-18-16-14-12-10-8-6-4-2/h5,7,11,13,17,19,23,25,29,31,82-85,87-94,96-98,100-104H,3-4,6,8-10,12,14-16,18,20-22,24,26-28,30,32-81H2,1-2H3,(H,95,99)/b7-5-,13-11-,19-17-,25-23-,31-29-. The van der Waals surface area contributed by atoms with Crippen LogP contribution in [0.5, 0.6) is 0 Å². The van der Waals surface area contributed by atoms with Crippen LogP contribution in [0.25, 0.3) is 0 Å². The summed E-state index contributed by atoms with van der Waals surface area (Å²) in [5.74, 6) is -0.197. The molecular weight excluding hydrogens is 1350 g/mol. The molecule has 12 unspecified atom stereocenters. The van der Waals surface area contributed by atoms with Gasteiger partial charge in [0.1, 0.15) is 48.8 Å². The molecule has 0 aromatic heterocycles. The SMILES string of the molecule is CC/C=C\C/C=C\C/C=C\C/C=C\C/C=C\CCCCCCCCCCCCCCCCCCCCCCCCCCCC(=O)NC(COC1OC(CO)C(OC2OC(CO)C(O)C(O)C2O)C(O)C1O)C(O)CCCCCCCCCCCCCCCCCCCCCCCCCCCCCCCCCCC. The van der Waals surface area contributed by atoms with Crippen LogP contribution in [0.2, 0.25) is 0 Å². The highest BCUT2D eigenvalue weighted by atomic mass is 16.7. The molecule has 0 saturated carbocycles. The van der Waals surface area contributed by atoms with Gasteiger partial charge in [-0.25, -0.2) is 0 Å². The van der Waals surface area contributed by atoms with Crippen molar-refractivity contribution in [2.75, 3.05) is 19.8 Å². The molecular formula is C94H175NO13. The van der Waals surface area contributed by atoms with Gasteiger partial charge in [0.2, 0.25) is 5.91 Å². The second kappa shape index (κ2) is 77.3. The predicted octanol–water partition coefficient (Wildman–Crippen LogP) is 23.0. The van der Waals surface area contributed by atoms with Crippen LogP contribution < -0.4 is 5.32 Å². The molecule has 14 nitrogen and oxygen atoms in total. The quantitative estimate of drug-likeness (QED) is 0.0204. The van der Waals surface area contributed by atoms with E-state index in [0.717, 1.165) is 83.5 Å². The Hall–Kier alpha value is -2.31. The van der Waals surface area contributed by atoms with Crippen LogP contribution in [0.3, 0.4) is 0 Å². The van der Waals surface area contributed by atoms with E-state index >= 15 is 0 Å². The lowest BCUT2D eigenvalue weighted by atomic mass is 9.97. The van der Waals surface area contributed by atoms with E-state index in [1.807, 2.05) is 0 Å². The molecule has 9 N–H and O–H groups in total. The Kier molecular flexibility index (Phi) is 72.8. The molecule has 1 amide bonds. The number of amides is 1. The number of aliphatic hydroxyl groups excluding tert-OH is 8. The zero-order valence-electron chi connectivity index (χ0n) is 70.1. The number of unbranched alkanes of at least 4 members (excludes halogenated alkanes) is 57. The lowest BCUT2D eigenvalue weighted by molar-refractivity contribution is -0.359. The Bertz CT molecular complexity index is 2050. The first-order chi connectivity index (χ1) is 53.1. The molecule has 0 aromatic rings. The maximum absolute atomic E-state index is 13.5. The third kappa shape index (κ3) is 58.5. The zero-order valence-corrected chi connectivity index (χ0v) is 70.1. The molecule has 634 valence electrons. The van der Waals surface area contributed by atoms with Crippen molar-refractivity contribution in [2.24, 2.45) is 0 Å². The Morgan fingerprint density at radius 2 is 0.639 bits per heavy atom. The maximum Gasteiger partial charge on any atom is 0.220 e.